The Bertz CT molecular complexity index is 1080. The number of amides is 1. The summed E-state index contributed by atoms with van der Waals surface area (Å²) in [7, 11) is 0. The maximum absolute atomic E-state index is 12.9. The summed E-state index contributed by atoms with van der Waals surface area (Å²) in [5.74, 6) is 0.849. The van der Waals surface area contributed by atoms with Gasteiger partial charge in [-0.1, -0.05) is 55.4 Å². The van der Waals surface area contributed by atoms with Crippen LogP contribution in [0.1, 0.15) is 58.5 Å². The SMILES string of the molecule is Cc1ccc(-c2cc(C(=O)NC[C@H](c3ccc(C(C)C)cc3)N3CCOCC3)no2)cc1C. The number of nitrogens with zero attached hydrogens (tertiary/aromatic N) is 2. The number of aryl methyl sites for hydroxylation is 2. The predicted molar refractivity (Wildman–Crippen MR) is 129 cm³/mol. The topological polar surface area (TPSA) is 67.6 Å². The van der Waals surface area contributed by atoms with E-state index in [1.165, 1.54) is 22.3 Å². The van der Waals surface area contributed by atoms with E-state index in [-0.39, 0.29) is 11.9 Å². The van der Waals surface area contributed by atoms with Gasteiger partial charge in [0.05, 0.1) is 19.3 Å². The second kappa shape index (κ2) is 10.3. The van der Waals surface area contributed by atoms with Crippen LogP contribution in [0, 0.1) is 13.8 Å². The fourth-order valence-corrected chi connectivity index (χ4v) is 4.14. The minimum absolute atomic E-state index is 0.0742. The molecule has 3 aromatic rings. The lowest BCUT2D eigenvalue weighted by atomic mass is 9.98. The molecule has 33 heavy (non-hydrogen) atoms. The quantitative estimate of drug-likeness (QED) is 0.559. The number of rotatable bonds is 7. The summed E-state index contributed by atoms with van der Waals surface area (Å²) in [6.45, 7) is 12.1. The van der Waals surface area contributed by atoms with Crippen LogP contribution in [-0.4, -0.2) is 48.8 Å². The Morgan fingerprint density at radius 2 is 1.70 bits per heavy atom. The molecule has 1 N–H and O–H groups in total. The van der Waals surface area contributed by atoms with E-state index in [0.717, 1.165) is 18.7 Å². The number of nitrogens with one attached hydrogen (secondary N) is 1. The zero-order chi connectivity index (χ0) is 23.4. The van der Waals surface area contributed by atoms with E-state index in [9.17, 15) is 4.79 Å². The molecule has 0 radical (unpaired) electrons. The van der Waals surface area contributed by atoms with Crippen LogP contribution in [0.2, 0.25) is 0 Å². The number of hydrogen-bond acceptors (Lipinski definition) is 5. The Hall–Kier alpha value is -2.96. The van der Waals surface area contributed by atoms with E-state index in [2.05, 4.69) is 67.3 Å². The number of hydrogen-bond donors (Lipinski definition) is 1. The van der Waals surface area contributed by atoms with Gasteiger partial charge in [-0.05, 0) is 48.1 Å². The Morgan fingerprint density at radius 1 is 1.00 bits per heavy atom. The van der Waals surface area contributed by atoms with Gasteiger partial charge in [0.15, 0.2) is 11.5 Å². The van der Waals surface area contributed by atoms with Gasteiger partial charge in [-0.15, -0.1) is 0 Å². The summed E-state index contributed by atoms with van der Waals surface area (Å²) >= 11 is 0. The van der Waals surface area contributed by atoms with Gasteiger partial charge in [0.2, 0.25) is 0 Å². The fourth-order valence-electron chi connectivity index (χ4n) is 4.14. The average molecular weight is 448 g/mol. The number of carbonyl (C=O) groups excluding carboxylic acids is 1. The summed E-state index contributed by atoms with van der Waals surface area (Å²) in [5, 5.41) is 7.09. The molecule has 0 aliphatic carbocycles. The van der Waals surface area contributed by atoms with Crippen LogP contribution in [0.25, 0.3) is 11.3 Å². The maximum Gasteiger partial charge on any atom is 0.273 e. The van der Waals surface area contributed by atoms with Crippen molar-refractivity contribution in [3.8, 4) is 11.3 Å². The van der Waals surface area contributed by atoms with Gasteiger partial charge >= 0.3 is 0 Å². The molecule has 0 saturated carbocycles. The number of aromatic nitrogens is 1. The molecule has 174 valence electrons. The number of carbonyl (C=O) groups is 1. The molecule has 0 spiro atoms. The molecule has 1 aliphatic heterocycles. The molecule has 2 aromatic carbocycles. The van der Waals surface area contributed by atoms with Crippen molar-refractivity contribution >= 4 is 5.91 Å². The highest BCUT2D eigenvalue weighted by Crippen LogP contribution is 2.25. The van der Waals surface area contributed by atoms with Gasteiger partial charge in [-0.3, -0.25) is 9.69 Å². The lowest BCUT2D eigenvalue weighted by Gasteiger charge is -2.35. The molecule has 0 bridgehead atoms. The van der Waals surface area contributed by atoms with Crippen LogP contribution < -0.4 is 5.32 Å². The van der Waals surface area contributed by atoms with Crippen LogP contribution in [0.5, 0.6) is 0 Å². The van der Waals surface area contributed by atoms with Gasteiger partial charge in [0.25, 0.3) is 5.91 Å². The predicted octanol–water partition coefficient (Wildman–Crippen LogP) is 4.89. The summed E-state index contributed by atoms with van der Waals surface area (Å²) in [5.41, 5.74) is 6.10. The molecule has 0 unspecified atom stereocenters. The van der Waals surface area contributed by atoms with E-state index in [0.29, 0.717) is 37.1 Å². The maximum atomic E-state index is 12.9. The minimum atomic E-state index is -0.231. The van der Waals surface area contributed by atoms with Crippen molar-refractivity contribution < 1.29 is 14.1 Å². The third-order valence-electron chi connectivity index (χ3n) is 6.46. The molecule has 6 nitrogen and oxygen atoms in total. The third-order valence-corrected chi connectivity index (χ3v) is 6.46. The summed E-state index contributed by atoms with van der Waals surface area (Å²) < 4.78 is 11.0. The molecule has 1 saturated heterocycles. The molecule has 1 amide bonds. The van der Waals surface area contributed by atoms with Crippen LogP contribution in [-0.2, 0) is 4.74 Å². The van der Waals surface area contributed by atoms with Crippen molar-refractivity contribution in [1.29, 1.82) is 0 Å². The number of benzene rings is 2. The molecule has 4 rings (SSSR count). The highest BCUT2D eigenvalue weighted by Gasteiger charge is 2.24. The van der Waals surface area contributed by atoms with Crippen molar-refractivity contribution in [1.82, 2.24) is 15.4 Å². The fraction of sp³-hybridized carbons (Fsp3) is 0.407. The summed E-state index contributed by atoms with van der Waals surface area (Å²) in [4.78, 5) is 15.3. The van der Waals surface area contributed by atoms with Crippen molar-refractivity contribution in [3.63, 3.8) is 0 Å². The Kier molecular flexibility index (Phi) is 7.26. The van der Waals surface area contributed by atoms with E-state index >= 15 is 0 Å². The van der Waals surface area contributed by atoms with E-state index in [1.54, 1.807) is 6.07 Å². The molecule has 1 fully saturated rings. The molecular formula is C27H33N3O3. The second-order valence-electron chi connectivity index (χ2n) is 9.07. The number of morpholine rings is 1. The average Bonchev–Trinajstić information content (AvgIpc) is 3.32. The minimum Gasteiger partial charge on any atom is -0.379 e. The highest BCUT2D eigenvalue weighted by molar-refractivity contribution is 5.93. The van der Waals surface area contributed by atoms with Gasteiger partial charge in [0.1, 0.15) is 0 Å². The first-order valence-corrected chi connectivity index (χ1v) is 11.7. The lowest BCUT2D eigenvalue weighted by molar-refractivity contribution is 0.0162. The zero-order valence-corrected chi connectivity index (χ0v) is 19.9. The van der Waals surface area contributed by atoms with Crippen LogP contribution in [0.15, 0.2) is 53.1 Å². The first-order valence-electron chi connectivity index (χ1n) is 11.7. The summed E-state index contributed by atoms with van der Waals surface area (Å²) in [6.07, 6.45) is 0. The van der Waals surface area contributed by atoms with Crippen molar-refractivity contribution in [2.24, 2.45) is 0 Å². The number of ether oxygens (including phenoxy) is 1. The molecule has 2 heterocycles. The molecular weight excluding hydrogens is 414 g/mol. The Balaban J connectivity index is 1.47. The van der Waals surface area contributed by atoms with Crippen LogP contribution >= 0.6 is 0 Å². The normalized spacial score (nSPS) is 15.5. The van der Waals surface area contributed by atoms with Gasteiger partial charge < -0.3 is 14.6 Å². The first kappa shape index (κ1) is 23.2. The molecule has 6 heteroatoms. The van der Waals surface area contributed by atoms with Crippen molar-refractivity contribution in [3.05, 3.63) is 76.5 Å². The zero-order valence-electron chi connectivity index (χ0n) is 19.9. The van der Waals surface area contributed by atoms with E-state index in [4.69, 9.17) is 9.26 Å². The van der Waals surface area contributed by atoms with Crippen molar-refractivity contribution in [2.75, 3.05) is 32.8 Å². The van der Waals surface area contributed by atoms with Gasteiger partial charge in [0, 0.05) is 31.3 Å². The molecule has 1 atom stereocenters. The Labute approximate surface area is 195 Å². The van der Waals surface area contributed by atoms with Crippen LogP contribution in [0.4, 0.5) is 0 Å². The summed E-state index contributed by atoms with van der Waals surface area (Å²) in [6, 6.07) is 16.6. The van der Waals surface area contributed by atoms with Crippen molar-refractivity contribution in [2.45, 2.75) is 39.7 Å². The standard InChI is InChI=1S/C27H33N3O3/c1-18(2)21-7-9-22(10-8-21)25(30-11-13-32-14-12-30)17-28-27(31)24-16-26(33-29-24)23-6-5-19(3)20(4)15-23/h5-10,15-16,18,25H,11-14,17H2,1-4H3,(H,28,31)/t25-/m1/s1. The monoisotopic (exact) mass is 447 g/mol. The largest absolute Gasteiger partial charge is 0.379 e. The third kappa shape index (κ3) is 5.52. The first-order chi connectivity index (χ1) is 15.9. The molecule has 1 aromatic heterocycles. The smallest absolute Gasteiger partial charge is 0.273 e. The van der Waals surface area contributed by atoms with Crippen LogP contribution in [0.3, 0.4) is 0 Å². The molecule has 1 aliphatic rings. The second-order valence-corrected chi connectivity index (χ2v) is 9.07. The lowest BCUT2D eigenvalue weighted by Crippen LogP contribution is -2.43. The highest BCUT2D eigenvalue weighted by atomic mass is 16.5. The van der Waals surface area contributed by atoms with E-state index in [1.807, 2.05) is 18.2 Å². The van der Waals surface area contributed by atoms with Gasteiger partial charge in [-0.2, -0.15) is 0 Å². The van der Waals surface area contributed by atoms with Gasteiger partial charge in [-0.25, -0.2) is 0 Å². The Morgan fingerprint density at radius 3 is 2.36 bits per heavy atom. The van der Waals surface area contributed by atoms with E-state index < -0.39 is 0 Å².